The van der Waals surface area contributed by atoms with E-state index in [2.05, 4.69) is 0 Å². The van der Waals surface area contributed by atoms with Gasteiger partial charge in [0.2, 0.25) is 0 Å². The van der Waals surface area contributed by atoms with Gasteiger partial charge in [-0.15, -0.1) is 12.4 Å². The Morgan fingerprint density at radius 2 is 1.77 bits per heavy atom. The molecule has 0 aliphatic rings. The van der Waals surface area contributed by atoms with E-state index in [9.17, 15) is 4.39 Å². The second kappa shape index (κ2) is 5.20. The molecule has 0 saturated heterocycles. The first kappa shape index (κ1) is 12.4. The van der Waals surface area contributed by atoms with Crippen molar-refractivity contribution < 1.29 is 4.39 Å². The van der Waals surface area contributed by atoms with Crippen LogP contribution in [0.5, 0.6) is 0 Å². The van der Waals surface area contributed by atoms with Gasteiger partial charge >= 0.3 is 0 Å². The van der Waals surface area contributed by atoms with Gasteiger partial charge in [0.05, 0.1) is 0 Å². The molecule has 0 radical (unpaired) electrons. The molecule has 0 aromatic heterocycles. The summed E-state index contributed by atoms with van der Waals surface area (Å²) in [4.78, 5) is 0. The molecule has 0 fully saturated rings. The van der Waals surface area contributed by atoms with Crippen LogP contribution in [0.3, 0.4) is 0 Å². The Morgan fingerprint density at radius 3 is 2.23 bits per heavy atom. The molecule has 0 unspecified atom stereocenters. The predicted molar refractivity (Wildman–Crippen MR) is 55.4 cm³/mol. The van der Waals surface area contributed by atoms with Crippen molar-refractivity contribution in [2.24, 2.45) is 11.7 Å². The number of rotatable bonds is 2. The Hall–Kier alpha value is -0.600. The minimum absolute atomic E-state index is 0. The van der Waals surface area contributed by atoms with Crippen molar-refractivity contribution in [3.8, 4) is 0 Å². The first-order valence-corrected chi connectivity index (χ1v) is 4.13. The number of hydrogen-bond acceptors (Lipinski definition) is 1. The average molecular weight is 204 g/mol. The van der Waals surface area contributed by atoms with Gasteiger partial charge in [0.1, 0.15) is 5.82 Å². The summed E-state index contributed by atoms with van der Waals surface area (Å²) in [6.07, 6.45) is 0. The fraction of sp³-hybridized carbons (Fsp3) is 0.400. The van der Waals surface area contributed by atoms with Gasteiger partial charge in [0, 0.05) is 11.6 Å². The number of halogens is 2. The molecule has 0 bridgehead atoms. The maximum absolute atomic E-state index is 13.1. The van der Waals surface area contributed by atoms with Gasteiger partial charge in [-0.1, -0.05) is 32.0 Å². The highest BCUT2D eigenvalue weighted by molar-refractivity contribution is 5.85. The molecule has 3 heteroatoms. The molecule has 13 heavy (non-hydrogen) atoms. The Kier molecular flexibility index (Phi) is 4.96. The van der Waals surface area contributed by atoms with Crippen molar-refractivity contribution in [2.75, 3.05) is 0 Å². The summed E-state index contributed by atoms with van der Waals surface area (Å²) in [5.41, 5.74) is 6.40. The van der Waals surface area contributed by atoms with E-state index in [4.69, 9.17) is 5.73 Å². The molecule has 0 saturated carbocycles. The second-order valence-corrected chi connectivity index (χ2v) is 3.29. The number of nitrogens with two attached hydrogens (primary N) is 1. The van der Waals surface area contributed by atoms with Crippen LogP contribution < -0.4 is 5.73 Å². The van der Waals surface area contributed by atoms with E-state index in [0.29, 0.717) is 5.56 Å². The summed E-state index contributed by atoms with van der Waals surface area (Å²) in [6, 6.07) is 6.45. The van der Waals surface area contributed by atoms with Crippen molar-refractivity contribution in [1.29, 1.82) is 0 Å². The summed E-state index contributed by atoms with van der Waals surface area (Å²) in [5, 5.41) is 0. The van der Waals surface area contributed by atoms with Crippen LogP contribution >= 0.6 is 12.4 Å². The summed E-state index contributed by atoms with van der Waals surface area (Å²) < 4.78 is 13.1. The molecule has 0 aliphatic heterocycles. The van der Waals surface area contributed by atoms with Crippen LogP contribution in [0.15, 0.2) is 24.3 Å². The predicted octanol–water partition coefficient (Wildman–Crippen LogP) is 2.90. The van der Waals surface area contributed by atoms with Crippen molar-refractivity contribution >= 4 is 12.4 Å². The normalized spacial score (nSPS) is 12.4. The van der Waals surface area contributed by atoms with Crippen molar-refractivity contribution in [1.82, 2.24) is 0 Å². The van der Waals surface area contributed by atoms with E-state index in [1.807, 2.05) is 13.8 Å². The molecular formula is C10H15ClFN. The Bertz CT molecular complexity index is 263. The lowest BCUT2D eigenvalue weighted by Crippen LogP contribution is -2.17. The molecule has 1 aromatic rings. The standard InChI is InChI=1S/C10H14FN.ClH/c1-7(2)10(12)8-5-3-4-6-9(8)11;/h3-7,10H,12H2,1-2H3;1H/t10-;/m1./s1. The highest BCUT2D eigenvalue weighted by Crippen LogP contribution is 2.20. The molecule has 1 rings (SSSR count). The maximum Gasteiger partial charge on any atom is 0.127 e. The lowest BCUT2D eigenvalue weighted by atomic mass is 9.97. The minimum Gasteiger partial charge on any atom is -0.324 e. The second-order valence-electron chi connectivity index (χ2n) is 3.29. The molecule has 2 N–H and O–H groups in total. The lowest BCUT2D eigenvalue weighted by molar-refractivity contribution is 0.485. The van der Waals surface area contributed by atoms with Gasteiger partial charge in [-0.2, -0.15) is 0 Å². The van der Waals surface area contributed by atoms with E-state index in [0.717, 1.165) is 0 Å². The van der Waals surface area contributed by atoms with Gasteiger partial charge in [-0.3, -0.25) is 0 Å². The van der Waals surface area contributed by atoms with Crippen molar-refractivity contribution in [3.63, 3.8) is 0 Å². The van der Waals surface area contributed by atoms with Gasteiger partial charge in [0.15, 0.2) is 0 Å². The quantitative estimate of drug-likeness (QED) is 0.786. The van der Waals surface area contributed by atoms with Gasteiger partial charge in [0.25, 0.3) is 0 Å². The third kappa shape index (κ3) is 2.98. The average Bonchev–Trinajstić information content (AvgIpc) is 2.04. The molecule has 1 nitrogen and oxygen atoms in total. The van der Waals surface area contributed by atoms with Gasteiger partial charge in [-0.25, -0.2) is 4.39 Å². The van der Waals surface area contributed by atoms with Crippen LogP contribution in [0.1, 0.15) is 25.5 Å². The van der Waals surface area contributed by atoms with Crippen LogP contribution in [-0.4, -0.2) is 0 Å². The van der Waals surface area contributed by atoms with E-state index in [1.54, 1.807) is 18.2 Å². The number of hydrogen-bond donors (Lipinski definition) is 1. The zero-order chi connectivity index (χ0) is 9.14. The zero-order valence-corrected chi connectivity index (χ0v) is 8.64. The Balaban J connectivity index is 0.00000144. The van der Waals surface area contributed by atoms with Crippen LogP contribution in [-0.2, 0) is 0 Å². The third-order valence-electron chi connectivity index (χ3n) is 1.98. The van der Waals surface area contributed by atoms with E-state index < -0.39 is 0 Å². The fourth-order valence-corrected chi connectivity index (χ4v) is 1.10. The first-order valence-electron chi connectivity index (χ1n) is 4.13. The van der Waals surface area contributed by atoms with Crippen molar-refractivity contribution in [3.05, 3.63) is 35.6 Å². The molecule has 0 amide bonds. The van der Waals surface area contributed by atoms with Crippen LogP contribution in [0.2, 0.25) is 0 Å². The largest absolute Gasteiger partial charge is 0.324 e. The van der Waals surface area contributed by atoms with Crippen LogP contribution in [0, 0.1) is 11.7 Å². The monoisotopic (exact) mass is 203 g/mol. The molecule has 0 spiro atoms. The van der Waals surface area contributed by atoms with E-state index in [1.165, 1.54) is 6.07 Å². The summed E-state index contributed by atoms with van der Waals surface area (Å²) >= 11 is 0. The summed E-state index contributed by atoms with van der Waals surface area (Å²) in [6.45, 7) is 3.97. The molecule has 1 atom stereocenters. The van der Waals surface area contributed by atoms with Gasteiger partial charge in [-0.05, 0) is 12.0 Å². The van der Waals surface area contributed by atoms with E-state index in [-0.39, 0.29) is 30.2 Å². The Labute approximate surface area is 84.5 Å². The third-order valence-corrected chi connectivity index (χ3v) is 1.98. The lowest BCUT2D eigenvalue weighted by Gasteiger charge is -2.16. The smallest absolute Gasteiger partial charge is 0.127 e. The summed E-state index contributed by atoms with van der Waals surface area (Å²) in [7, 11) is 0. The van der Waals surface area contributed by atoms with Crippen molar-refractivity contribution in [2.45, 2.75) is 19.9 Å². The van der Waals surface area contributed by atoms with E-state index >= 15 is 0 Å². The zero-order valence-electron chi connectivity index (χ0n) is 7.83. The maximum atomic E-state index is 13.1. The molecule has 74 valence electrons. The summed E-state index contributed by atoms with van der Waals surface area (Å²) in [5.74, 6) is 0.0561. The highest BCUT2D eigenvalue weighted by Gasteiger charge is 2.13. The molecule has 0 aliphatic carbocycles. The highest BCUT2D eigenvalue weighted by atomic mass is 35.5. The fourth-order valence-electron chi connectivity index (χ4n) is 1.10. The Morgan fingerprint density at radius 1 is 1.23 bits per heavy atom. The minimum atomic E-state index is -0.210. The van der Waals surface area contributed by atoms with Crippen LogP contribution in [0.25, 0.3) is 0 Å². The SMILES string of the molecule is CC(C)[C@@H](N)c1ccccc1F.Cl. The first-order chi connectivity index (χ1) is 5.63. The topological polar surface area (TPSA) is 26.0 Å². The molecule has 1 aromatic carbocycles. The number of benzene rings is 1. The molecule has 0 heterocycles. The van der Waals surface area contributed by atoms with Crippen LogP contribution in [0.4, 0.5) is 4.39 Å². The van der Waals surface area contributed by atoms with Gasteiger partial charge < -0.3 is 5.73 Å². The molecular weight excluding hydrogens is 189 g/mol.